The topological polar surface area (TPSA) is 59.6 Å². The molecule has 6 unspecified atom stereocenters. The van der Waals surface area contributed by atoms with Crippen molar-refractivity contribution in [2.75, 3.05) is 13.1 Å². The molecule has 20 heavy (non-hydrogen) atoms. The Morgan fingerprint density at radius 2 is 1.95 bits per heavy atom. The van der Waals surface area contributed by atoms with Crippen molar-refractivity contribution in [3.05, 3.63) is 0 Å². The van der Waals surface area contributed by atoms with Crippen LogP contribution in [0.25, 0.3) is 0 Å². The van der Waals surface area contributed by atoms with Crippen LogP contribution in [0, 0.1) is 5.92 Å². The largest absolute Gasteiger partial charge is 0.393 e. The summed E-state index contributed by atoms with van der Waals surface area (Å²) < 4.78 is 0. The van der Waals surface area contributed by atoms with Gasteiger partial charge in [0.25, 0.3) is 0 Å². The Balaban J connectivity index is 1.42. The number of nitrogens with zero attached hydrogens (tertiary/aromatic N) is 1. The Labute approximate surface area is 121 Å². The van der Waals surface area contributed by atoms with Crippen molar-refractivity contribution < 1.29 is 5.11 Å². The molecular formula is C15H28N4O. The third-order valence-corrected chi connectivity index (χ3v) is 5.90. The molecule has 0 aromatic heterocycles. The van der Waals surface area contributed by atoms with Crippen molar-refractivity contribution in [3.63, 3.8) is 0 Å². The number of hydrazine groups is 1. The quantitative estimate of drug-likeness (QED) is 0.551. The fourth-order valence-electron chi connectivity index (χ4n) is 4.79. The maximum Gasteiger partial charge on any atom is 0.0739 e. The average molecular weight is 280 g/mol. The van der Waals surface area contributed by atoms with Gasteiger partial charge in [0.1, 0.15) is 0 Å². The van der Waals surface area contributed by atoms with Crippen molar-refractivity contribution in [3.8, 4) is 0 Å². The minimum Gasteiger partial charge on any atom is -0.393 e. The molecule has 1 aliphatic carbocycles. The van der Waals surface area contributed by atoms with Gasteiger partial charge in [0.05, 0.1) is 12.3 Å². The summed E-state index contributed by atoms with van der Waals surface area (Å²) in [6.07, 6.45) is 8.56. The van der Waals surface area contributed by atoms with Crippen molar-refractivity contribution in [1.29, 1.82) is 0 Å². The summed E-state index contributed by atoms with van der Waals surface area (Å²) in [5.74, 6) is 0.738. The van der Waals surface area contributed by atoms with Crippen molar-refractivity contribution in [2.45, 2.75) is 75.3 Å². The van der Waals surface area contributed by atoms with Crippen LogP contribution in [0.15, 0.2) is 0 Å². The first-order chi connectivity index (χ1) is 9.81. The van der Waals surface area contributed by atoms with Gasteiger partial charge in [-0.3, -0.25) is 10.7 Å². The van der Waals surface area contributed by atoms with Crippen LogP contribution in [-0.2, 0) is 0 Å². The number of piperidine rings is 2. The van der Waals surface area contributed by atoms with Gasteiger partial charge in [-0.15, -0.1) is 0 Å². The molecule has 4 aliphatic rings. The molecule has 4 rings (SSSR count). The Hall–Kier alpha value is -0.200. The van der Waals surface area contributed by atoms with Crippen molar-refractivity contribution in [2.24, 2.45) is 5.92 Å². The van der Waals surface area contributed by atoms with Gasteiger partial charge < -0.3 is 10.4 Å². The standard InChI is InChI=1S/C15H28N4O/c20-11-4-3-10-9-17-19(14(10)8-11)15-6-5-12-13(18-15)2-1-7-16-12/h10-18,20H,1-9H2. The molecule has 3 heterocycles. The first-order valence-corrected chi connectivity index (χ1v) is 8.50. The zero-order chi connectivity index (χ0) is 13.5. The molecule has 114 valence electrons. The molecule has 0 aromatic carbocycles. The lowest BCUT2D eigenvalue weighted by Gasteiger charge is -2.46. The van der Waals surface area contributed by atoms with E-state index in [0.29, 0.717) is 24.3 Å². The highest BCUT2D eigenvalue weighted by atomic mass is 16.3. The Morgan fingerprint density at radius 3 is 2.90 bits per heavy atom. The SMILES string of the molecule is OC1CCC2CNN(C3CCC4NCCCC4N3)C2C1. The van der Waals surface area contributed by atoms with Crippen LogP contribution < -0.4 is 16.1 Å². The summed E-state index contributed by atoms with van der Waals surface area (Å²) >= 11 is 0. The first-order valence-electron chi connectivity index (χ1n) is 8.50. The van der Waals surface area contributed by atoms with Crippen LogP contribution in [0.2, 0.25) is 0 Å². The fourth-order valence-corrected chi connectivity index (χ4v) is 4.79. The normalized spacial score (nSPS) is 49.6. The smallest absolute Gasteiger partial charge is 0.0739 e. The predicted octanol–water partition coefficient (Wildman–Crippen LogP) is 0.166. The summed E-state index contributed by atoms with van der Waals surface area (Å²) in [5.41, 5.74) is 3.62. The molecule has 4 fully saturated rings. The summed E-state index contributed by atoms with van der Waals surface area (Å²) in [6.45, 7) is 2.29. The van der Waals surface area contributed by atoms with E-state index in [1.807, 2.05) is 0 Å². The van der Waals surface area contributed by atoms with E-state index in [1.165, 1.54) is 38.6 Å². The number of nitrogens with one attached hydrogen (secondary N) is 3. The Kier molecular flexibility index (Phi) is 3.73. The average Bonchev–Trinajstić information content (AvgIpc) is 2.89. The van der Waals surface area contributed by atoms with Gasteiger partial charge in [0.2, 0.25) is 0 Å². The number of hydrogen-bond donors (Lipinski definition) is 4. The highest BCUT2D eigenvalue weighted by molar-refractivity contribution is 4.98. The molecule has 5 nitrogen and oxygen atoms in total. The summed E-state index contributed by atoms with van der Waals surface area (Å²) in [6, 6.07) is 1.84. The third kappa shape index (κ3) is 2.40. The van der Waals surface area contributed by atoms with E-state index < -0.39 is 0 Å². The molecule has 0 radical (unpaired) electrons. The molecule has 6 atom stereocenters. The maximum atomic E-state index is 9.97. The molecule has 0 aromatic rings. The molecule has 4 N–H and O–H groups in total. The van der Waals surface area contributed by atoms with Crippen LogP contribution in [0.3, 0.4) is 0 Å². The summed E-state index contributed by atoms with van der Waals surface area (Å²) in [4.78, 5) is 0. The zero-order valence-electron chi connectivity index (χ0n) is 12.2. The van der Waals surface area contributed by atoms with E-state index in [2.05, 4.69) is 21.1 Å². The van der Waals surface area contributed by atoms with Gasteiger partial charge in [-0.1, -0.05) is 0 Å². The lowest BCUT2D eigenvalue weighted by Crippen LogP contribution is -2.64. The van der Waals surface area contributed by atoms with E-state index in [0.717, 1.165) is 25.3 Å². The Morgan fingerprint density at radius 1 is 1.00 bits per heavy atom. The lowest BCUT2D eigenvalue weighted by molar-refractivity contribution is 0.000837. The molecule has 0 amide bonds. The van der Waals surface area contributed by atoms with Crippen LogP contribution in [0.1, 0.15) is 44.9 Å². The van der Waals surface area contributed by atoms with E-state index >= 15 is 0 Å². The maximum absolute atomic E-state index is 9.97. The Bertz CT molecular complexity index is 353. The third-order valence-electron chi connectivity index (χ3n) is 5.90. The fraction of sp³-hybridized carbons (Fsp3) is 1.00. The van der Waals surface area contributed by atoms with E-state index in [4.69, 9.17) is 0 Å². The van der Waals surface area contributed by atoms with Crippen LogP contribution in [0.5, 0.6) is 0 Å². The second-order valence-corrected chi connectivity index (χ2v) is 7.13. The molecule has 3 aliphatic heterocycles. The van der Waals surface area contributed by atoms with Crippen LogP contribution >= 0.6 is 0 Å². The molecule has 1 saturated carbocycles. The highest BCUT2D eigenvalue weighted by Gasteiger charge is 2.43. The van der Waals surface area contributed by atoms with Gasteiger partial charge >= 0.3 is 0 Å². The zero-order valence-corrected chi connectivity index (χ0v) is 12.2. The highest BCUT2D eigenvalue weighted by Crippen LogP contribution is 2.34. The number of hydrogen-bond acceptors (Lipinski definition) is 5. The second-order valence-electron chi connectivity index (χ2n) is 7.13. The van der Waals surface area contributed by atoms with E-state index in [-0.39, 0.29) is 6.10 Å². The number of aliphatic hydroxyl groups is 1. The van der Waals surface area contributed by atoms with Gasteiger partial charge in [-0.25, -0.2) is 5.01 Å². The summed E-state index contributed by atoms with van der Waals surface area (Å²) in [5, 5.41) is 19.9. The molecule has 5 heteroatoms. The number of rotatable bonds is 1. The van der Waals surface area contributed by atoms with Gasteiger partial charge in [0.15, 0.2) is 0 Å². The van der Waals surface area contributed by atoms with Gasteiger partial charge in [-0.05, 0) is 57.4 Å². The number of aliphatic hydroxyl groups excluding tert-OH is 1. The minimum atomic E-state index is -0.0914. The first kappa shape index (κ1) is 13.5. The van der Waals surface area contributed by atoms with Crippen LogP contribution in [0.4, 0.5) is 0 Å². The molecule has 0 spiro atoms. The van der Waals surface area contributed by atoms with Crippen LogP contribution in [-0.4, -0.2) is 53.6 Å². The summed E-state index contributed by atoms with van der Waals surface area (Å²) in [7, 11) is 0. The van der Waals surface area contributed by atoms with Crippen molar-refractivity contribution >= 4 is 0 Å². The number of fused-ring (bicyclic) bond motifs is 2. The van der Waals surface area contributed by atoms with E-state index in [1.54, 1.807) is 0 Å². The van der Waals surface area contributed by atoms with Gasteiger partial charge in [0, 0.05) is 24.7 Å². The lowest BCUT2D eigenvalue weighted by atomic mass is 9.83. The molecule has 3 saturated heterocycles. The van der Waals surface area contributed by atoms with Crippen molar-refractivity contribution in [1.82, 2.24) is 21.1 Å². The van der Waals surface area contributed by atoms with E-state index in [9.17, 15) is 5.11 Å². The molecular weight excluding hydrogens is 252 g/mol. The predicted molar refractivity (Wildman–Crippen MR) is 77.9 cm³/mol. The second kappa shape index (κ2) is 5.54. The van der Waals surface area contributed by atoms with Gasteiger partial charge in [-0.2, -0.15) is 0 Å². The molecule has 0 bridgehead atoms. The minimum absolute atomic E-state index is 0.0914. The monoisotopic (exact) mass is 280 g/mol.